The quantitative estimate of drug-likeness (QED) is 0.674. The van der Waals surface area contributed by atoms with E-state index in [1.165, 1.54) is 12.1 Å². The van der Waals surface area contributed by atoms with Crippen molar-refractivity contribution in [3.63, 3.8) is 0 Å². The van der Waals surface area contributed by atoms with Crippen LogP contribution in [0.4, 0.5) is 4.39 Å². The molecule has 0 amide bonds. The topological polar surface area (TPSA) is 66.3 Å². The Labute approximate surface area is 181 Å². The number of thiocarbonyl (C=S) groups is 1. The Hall–Kier alpha value is -3.11. The molecular weight excluding hydrogens is 401 g/mol. The van der Waals surface area contributed by atoms with Crippen LogP contribution in [0, 0.1) is 22.6 Å². The molecule has 1 aliphatic rings. The van der Waals surface area contributed by atoms with Gasteiger partial charge in [0.25, 0.3) is 0 Å². The minimum atomic E-state index is -0.391. The van der Waals surface area contributed by atoms with Gasteiger partial charge in [-0.1, -0.05) is 39.0 Å². The maximum atomic E-state index is 13.1. The van der Waals surface area contributed by atoms with Gasteiger partial charge in [0, 0.05) is 11.1 Å². The minimum absolute atomic E-state index is 0.266. The average Bonchev–Trinajstić information content (AvgIpc) is 2.72. The molecule has 0 aromatic heterocycles. The fourth-order valence-corrected chi connectivity index (χ4v) is 3.47. The van der Waals surface area contributed by atoms with Gasteiger partial charge in [0.2, 0.25) is 0 Å². The number of benzene rings is 2. The lowest BCUT2D eigenvalue weighted by Gasteiger charge is -2.35. The zero-order chi connectivity index (χ0) is 21.9. The van der Waals surface area contributed by atoms with Gasteiger partial charge in [0.15, 0.2) is 16.6 Å². The smallest absolute Gasteiger partial charge is 0.171 e. The number of ether oxygens (including phenoxy) is 2. The molecule has 156 valence electrons. The first-order valence-corrected chi connectivity index (χ1v) is 9.91. The summed E-state index contributed by atoms with van der Waals surface area (Å²) in [6.07, 6.45) is 0. The van der Waals surface area contributed by atoms with Crippen LogP contribution < -0.4 is 20.1 Å². The zero-order valence-electron chi connectivity index (χ0n) is 17.4. The molecule has 2 aromatic carbocycles. The number of allylic oxidation sites excluding steroid dienone is 1. The van der Waals surface area contributed by atoms with Crippen LogP contribution in [0.2, 0.25) is 0 Å². The molecule has 1 atom stereocenters. The number of rotatable bonds is 5. The maximum Gasteiger partial charge on any atom is 0.171 e. The van der Waals surface area contributed by atoms with E-state index in [9.17, 15) is 9.65 Å². The van der Waals surface area contributed by atoms with Crippen molar-refractivity contribution in [2.75, 3.05) is 7.11 Å². The molecule has 1 heterocycles. The zero-order valence-corrected chi connectivity index (χ0v) is 18.2. The van der Waals surface area contributed by atoms with Crippen molar-refractivity contribution in [1.29, 1.82) is 5.26 Å². The van der Waals surface area contributed by atoms with Crippen molar-refractivity contribution in [3.8, 4) is 17.6 Å². The Morgan fingerprint density at radius 2 is 1.83 bits per heavy atom. The van der Waals surface area contributed by atoms with E-state index in [1.54, 1.807) is 25.3 Å². The molecule has 0 saturated carbocycles. The lowest BCUT2D eigenvalue weighted by Crippen LogP contribution is -2.46. The number of nitrogens with one attached hydrogen (secondary N) is 2. The van der Waals surface area contributed by atoms with Gasteiger partial charge in [-0.05, 0) is 47.6 Å². The van der Waals surface area contributed by atoms with Crippen molar-refractivity contribution in [3.05, 3.63) is 70.7 Å². The second-order valence-electron chi connectivity index (χ2n) is 8.01. The van der Waals surface area contributed by atoms with Crippen LogP contribution in [0.1, 0.15) is 37.9 Å². The second-order valence-corrected chi connectivity index (χ2v) is 8.42. The molecule has 1 aliphatic heterocycles. The van der Waals surface area contributed by atoms with Gasteiger partial charge in [-0.2, -0.15) is 5.26 Å². The average molecular weight is 426 g/mol. The van der Waals surface area contributed by atoms with Gasteiger partial charge >= 0.3 is 0 Å². The molecule has 2 aromatic rings. The molecule has 0 spiro atoms. The van der Waals surface area contributed by atoms with Crippen LogP contribution in [-0.4, -0.2) is 12.2 Å². The summed E-state index contributed by atoms with van der Waals surface area (Å²) in [6, 6.07) is 13.6. The molecule has 0 saturated heterocycles. The van der Waals surface area contributed by atoms with E-state index >= 15 is 0 Å². The Balaban J connectivity index is 1.90. The first-order valence-electron chi connectivity index (χ1n) is 9.50. The summed E-state index contributed by atoms with van der Waals surface area (Å²) in [4.78, 5) is 0. The molecular formula is C23H24FN3O2S. The van der Waals surface area contributed by atoms with Gasteiger partial charge in [-0.15, -0.1) is 0 Å². The van der Waals surface area contributed by atoms with E-state index in [0.717, 1.165) is 16.8 Å². The van der Waals surface area contributed by atoms with E-state index in [4.69, 9.17) is 21.7 Å². The fourth-order valence-electron chi connectivity index (χ4n) is 3.25. The predicted octanol–water partition coefficient (Wildman–Crippen LogP) is 4.76. The standard InChI is InChI=1S/C23H24FN3O2S/c1-23(2,3)21-17(12-25)20(26-22(30)27-21)15-7-10-18(19(11-15)28-4)29-13-14-5-8-16(24)9-6-14/h5-11,20H,13H2,1-4H3,(H2,26,27,30)/t20-/m0/s1. The molecule has 0 radical (unpaired) electrons. The number of hydrogen-bond acceptors (Lipinski definition) is 4. The molecule has 3 rings (SSSR count). The largest absolute Gasteiger partial charge is 0.493 e. The Morgan fingerprint density at radius 3 is 2.43 bits per heavy atom. The molecule has 0 fully saturated rings. The number of nitrogens with zero attached hydrogens (tertiary/aromatic N) is 1. The first-order chi connectivity index (χ1) is 14.2. The summed E-state index contributed by atoms with van der Waals surface area (Å²) in [7, 11) is 1.56. The fraction of sp³-hybridized carbons (Fsp3) is 0.304. The van der Waals surface area contributed by atoms with Crippen LogP contribution >= 0.6 is 12.2 Å². The van der Waals surface area contributed by atoms with E-state index < -0.39 is 6.04 Å². The van der Waals surface area contributed by atoms with Crippen molar-refractivity contribution in [2.45, 2.75) is 33.4 Å². The molecule has 7 heteroatoms. The van der Waals surface area contributed by atoms with Crippen molar-refractivity contribution in [2.24, 2.45) is 5.41 Å². The third-order valence-electron chi connectivity index (χ3n) is 4.77. The van der Waals surface area contributed by atoms with Gasteiger partial charge in [-0.25, -0.2) is 4.39 Å². The highest BCUT2D eigenvalue weighted by Crippen LogP contribution is 2.37. The van der Waals surface area contributed by atoms with Crippen LogP contribution in [0.5, 0.6) is 11.5 Å². The Kier molecular flexibility index (Phi) is 6.28. The van der Waals surface area contributed by atoms with Crippen LogP contribution in [0.25, 0.3) is 0 Å². The Morgan fingerprint density at radius 1 is 1.13 bits per heavy atom. The third kappa shape index (κ3) is 4.71. The summed E-state index contributed by atoms with van der Waals surface area (Å²) in [5, 5.41) is 16.6. The van der Waals surface area contributed by atoms with E-state index in [0.29, 0.717) is 22.2 Å². The minimum Gasteiger partial charge on any atom is -0.493 e. The number of methoxy groups -OCH3 is 1. The Bertz CT molecular complexity index is 1020. The summed E-state index contributed by atoms with van der Waals surface area (Å²) in [5.74, 6) is 0.806. The highest BCUT2D eigenvalue weighted by atomic mass is 32.1. The molecule has 0 aliphatic carbocycles. The SMILES string of the molecule is COc1cc([C@@H]2NC(=S)NC(C(C)(C)C)=C2C#N)ccc1OCc1ccc(F)cc1. The van der Waals surface area contributed by atoms with Gasteiger partial charge in [0.1, 0.15) is 12.4 Å². The number of nitriles is 1. The third-order valence-corrected chi connectivity index (χ3v) is 4.99. The summed E-state index contributed by atoms with van der Waals surface area (Å²) in [6.45, 7) is 6.38. The summed E-state index contributed by atoms with van der Waals surface area (Å²) < 4.78 is 24.4. The molecule has 2 N–H and O–H groups in total. The van der Waals surface area contributed by atoms with Crippen molar-refractivity contribution in [1.82, 2.24) is 10.6 Å². The number of halogens is 1. The van der Waals surface area contributed by atoms with Gasteiger partial charge in [0.05, 0.1) is 24.8 Å². The summed E-state index contributed by atoms with van der Waals surface area (Å²) in [5.41, 5.74) is 2.80. The second kappa shape index (κ2) is 8.72. The van der Waals surface area contributed by atoms with Gasteiger partial charge in [-0.3, -0.25) is 0 Å². The van der Waals surface area contributed by atoms with Crippen molar-refractivity contribution < 1.29 is 13.9 Å². The van der Waals surface area contributed by atoms with Gasteiger partial charge < -0.3 is 20.1 Å². The highest BCUT2D eigenvalue weighted by molar-refractivity contribution is 7.80. The molecule has 5 nitrogen and oxygen atoms in total. The first kappa shape index (κ1) is 21.6. The lowest BCUT2D eigenvalue weighted by atomic mass is 9.84. The van der Waals surface area contributed by atoms with Crippen LogP contribution in [-0.2, 0) is 6.61 Å². The lowest BCUT2D eigenvalue weighted by molar-refractivity contribution is 0.284. The number of hydrogen-bond donors (Lipinski definition) is 2. The monoisotopic (exact) mass is 425 g/mol. The van der Waals surface area contributed by atoms with E-state index in [2.05, 4.69) is 16.7 Å². The highest BCUT2D eigenvalue weighted by Gasteiger charge is 2.32. The maximum absolute atomic E-state index is 13.1. The normalized spacial score (nSPS) is 16.4. The van der Waals surface area contributed by atoms with Crippen molar-refractivity contribution >= 4 is 17.3 Å². The van der Waals surface area contributed by atoms with Crippen LogP contribution in [0.15, 0.2) is 53.7 Å². The van der Waals surface area contributed by atoms with Crippen LogP contribution in [0.3, 0.4) is 0 Å². The molecule has 0 unspecified atom stereocenters. The molecule has 0 bridgehead atoms. The predicted molar refractivity (Wildman–Crippen MR) is 117 cm³/mol. The van der Waals surface area contributed by atoms with E-state index in [-0.39, 0.29) is 17.8 Å². The summed E-state index contributed by atoms with van der Waals surface area (Å²) >= 11 is 5.37. The molecule has 30 heavy (non-hydrogen) atoms. The van der Waals surface area contributed by atoms with E-state index in [1.807, 2.05) is 32.9 Å².